The van der Waals surface area contributed by atoms with Crippen molar-refractivity contribution in [1.82, 2.24) is 9.97 Å². The Morgan fingerprint density at radius 1 is 1.33 bits per heavy atom. The largest absolute Gasteiger partial charge is 0.381 e. The van der Waals surface area contributed by atoms with Gasteiger partial charge < -0.3 is 9.64 Å². The molecule has 1 fully saturated rings. The van der Waals surface area contributed by atoms with Gasteiger partial charge in [-0.1, -0.05) is 18.5 Å². The molecule has 100 valence electrons. The highest BCUT2D eigenvalue weighted by molar-refractivity contribution is 6.30. The lowest BCUT2D eigenvalue weighted by Gasteiger charge is -2.33. The zero-order chi connectivity index (χ0) is 13.1. The topological polar surface area (TPSA) is 38.2 Å². The molecule has 0 aromatic carbocycles. The molecule has 4 nitrogen and oxygen atoms in total. The van der Waals surface area contributed by atoms with Gasteiger partial charge in [-0.05, 0) is 19.8 Å². The summed E-state index contributed by atoms with van der Waals surface area (Å²) < 4.78 is 5.39. The highest BCUT2D eigenvalue weighted by Gasteiger charge is 2.22. The predicted molar refractivity (Wildman–Crippen MR) is 73.4 cm³/mol. The van der Waals surface area contributed by atoms with Crippen LogP contribution in [0.15, 0.2) is 0 Å². The zero-order valence-electron chi connectivity index (χ0n) is 11.2. The summed E-state index contributed by atoms with van der Waals surface area (Å²) in [5.74, 6) is 1.80. The molecule has 1 aromatic heterocycles. The number of halogens is 1. The molecule has 0 bridgehead atoms. The molecule has 1 saturated heterocycles. The van der Waals surface area contributed by atoms with Crippen LogP contribution in [0.2, 0.25) is 5.15 Å². The van der Waals surface area contributed by atoms with E-state index in [2.05, 4.69) is 14.9 Å². The lowest BCUT2D eigenvalue weighted by atomic mass is 10.1. The molecular formula is C13H20ClN3O. The molecule has 0 aliphatic carbocycles. The van der Waals surface area contributed by atoms with Gasteiger partial charge in [-0.3, -0.25) is 0 Å². The van der Waals surface area contributed by atoms with E-state index in [1.54, 1.807) is 7.11 Å². The van der Waals surface area contributed by atoms with Crippen LogP contribution < -0.4 is 4.90 Å². The van der Waals surface area contributed by atoms with Gasteiger partial charge in [0.1, 0.15) is 16.8 Å². The maximum absolute atomic E-state index is 6.17. The molecule has 0 saturated carbocycles. The van der Waals surface area contributed by atoms with Crippen molar-refractivity contribution in [3.05, 3.63) is 16.5 Å². The first-order valence-electron chi connectivity index (χ1n) is 6.46. The first kappa shape index (κ1) is 13.6. The third-order valence-corrected chi connectivity index (χ3v) is 3.87. The summed E-state index contributed by atoms with van der Waals surface area (Å²) in [6, 6.07) is 0. The van der Waals surface area contributed by atoms with Gasteiger partial charge in [0.2, 0.25) is 0 Å². The minimum atomic E-state index is 0.379. The number of ether oxygens (including phenoxy) is 1. The third-order valence-electron chi connectivity index (χ3n) is 3.50. The lowest BCUT2D eigenvalue weighted by molar-refractivity contribution is 0.0817. The average Bonchev–Trinajstić information content (AvgIpc) is 2.42. The predicted octanol–water partition coefficient (Wildman–Crippen LogP) is 2.62. The average molecular weight is 270 g/mol. The maximum Gasteiger partial charge on any atom is 0.137 e. The van der Waals surface area contributed by atoms with Crippen LogP contribution in [-0.2, 0) is 11.2 Å². The van der Waals surface area contributed by atoms with Gasteiger partial charge in [0, 0.05) is 32.2 Å². The van der Waals surface area contributed by atoms with Crippen molar-refractivity contribution in [1.29, 1.82) is 0 Å². The van der Waals surface area contributed by atoms with Crippen LogP contribution in [0.25, 0.3) is 0 Å². The van der Waals surface area contributed by atoms with Crippen molar-refractivity contribution in [2.75, 3.05) is 25.1 Å². The molecule has 1 aliphatic heterocycles. The normalized spacial score (nSPS) is 17.2. The van der Waals surface area contributed by atoms with Gasteiger partial charge in [-0.15, -0.1) is 0 Å². The first-order valence-corrected chi connectivity index (χ1v) is 6.84. The zero-order valence-corrected chi connectivity index (χ0v) is 12.0. The Hall–Kier alpha value is -0.870. The monoisotopic (exact) mass is 269 g/mol. The molecule has 0 atom stereocenters. The molecular weight excluding hydrogens is 250 g/mol. The molecule has 2 heterocycles. The van der Waals surface area contributed by atoms with Crippen LogP contribution in [0, 0.1) is 6.92 Å². The summed E-state index contributed by atoms with van der Waals surface area (Å²) in [5.41, 5.74) is 0.977. The van der Waals surface area contributed by atoms with Crippen molar-refractivity contribution in [3.63, 3.8) is 0 Å². The quantitative estimate of drug-likeness (QED) is 0.791. The van der Waals surface area contributed by atoms with Crippen LogP contribution in [-0.4, -0.2) is 36.3 Å². The SMILES string of the molecule is CCc1nc(Cl)c(C)c(N2CCC(OC)CC2)n1. The minimum absolute atomic E-state index is 0.379. The van der Waals surface area contributed by atoms with Crippen molar-refractivity contribution in [3.8, 4) is 0 Å². The Morgan fingerprint density at radius 3 is 2.56 bits per heavy atom. The third kappa shape index (κ3) is 2.75. The molecule has 0 spiro atoms. The van der Waals surface area contributed by atoms with E-state index in [0.29, 0.717) is 11.3 Å². The van der Waals surface area contributed by atoms with Crippen molar-refractivity contribution < 1.29 is 4.74 Å². The maximum atomic E-state index is 6.17. The number of methoxy groups -OCH3 is 1. The van der Waals surface area contributed by atoms with E-state index < -0.39 is 0 Å². The Morgan fingerprint density at radius 2 is 2.00 bits per heavy atom. The smallest absolute Gasteiger partial charge is 0.137 e. The van der Waals surface area contributed by atoms with Crippen LogP contribution in [0.5, 0.6) is 0 Å². The van der Waals surface area contributed by atoms with E-state index in [4.69, 9.17) is 16.3 Å². The van der Waals surface area contributed by atoms with E-state index in [9.17, 15) is 0 Å². The minimum Gasteiger partial charge on any atom is -0.381 e. The van der Waals surface area contributed by atoms with E-state index in [0.717, 1.165) is 49.6 Å². The number of hydrogen-bond acceptors (Lipinski definition) is 4. The number of aryl methyl sites for hydroxylation is 1. The van der Waals surface area contributed by atoms with Crippen molar-refractivity contribution >= 4 is 17.4 Å². The second-order valence-corrected chi connectivity index (χ2v) is 5.01. The Labute approximate surface area is 113 Å². The summed E-state index contributed by atoms with van der Waals surface area (Å²) in [6.07, 6.45) is 3.27. The Balaban J connectivity index is 2.20. The van der Waals surface area contributed by atoms with Gasteiger partial charge >= 0.3 is 0 Å². The summed E-state index contributed by atoms with van der Waals surface area (Å²) in [7, 11) is 1.78. The molecule has 18 heavy (non-hydrogen) atoms. The lowest BCUT2D eigenvalue weighted by Crippen LogP contribution is -2.37. The molecule has 0 unspecified atom stereocenters. The van der Waals surface area contributed by atoms with E-state index >= 15 is 0 Å². The van der Waals surface area contributed by atoms with Crippen molar-refractivity contribution in [2.24, 2.45) is 0 Å². The number of hydrogen-bond donors (Lipinski definition) is 0. The van der Waals surface area contributed by atoms with Gasteiger partial charge in [0.05, 0.1) is 6.10 Å². The molecule has 0 amide bonds. The fourth-order valence-corrected chi connectivity index (χ4v) is 2.47. The number of rotatable bonds is 3. The Bertz CT molecular complexity index is 417. The van der Waals surface area contributed by atoms with E-state index in [1.165, 1.54) is 0 Å². The Kier molecular flexibility index (Phi) is 4.40. The van der Waals surface area contributed by atoms with Crippen LogP contribution in [0.3, 0.4) is 0 Å². The second-order valence-electron chi connectivity index (χ2n) is 4.65. The standard InChI is InChI=1S/C13H20ClN3O/c1-4-11-15-12(14)9(2)13(16-11)17-7-5-10(18-3)6-8-17/h10H,4-8H2,1-3H3. The van der Waals surface area contributed by atoms with Gasteiger partial charge in [-0.25, -0.2) is 9.97 Å². The van der Waals surface area contributed by atoms with Gasteiger partial charge in [0.25, 0.3) is 0 Å². The molecule has 2 rings (SSSR count). The fraction of sp³-hybridized carbons (Fsp3) is 0.692. The number of anilines is 1. The second kappa shape index (κ2) is 5.85. The van der Waals surface area contributed by atoms with Crippen LogP contribution in [0.1, 0.15) is 31.2 Å². The molecule has 1 aromatic rings. The number of piperidine rings is 1. The summed E-state index contributed by atoms with van der Waals surface area (Å²) in [4.78, 5) is 11.2. The summed E-state index contributed by atoms with van der Waals surface area (Å²) >= 11 is 6.17. The number of nitrogens with zero attached hydrogens (tertiary/aromatic N) is 3. The van der Waals surface area contributed by atoms with Gasteiger partial charge in [-0.2, -0.15) is 0 Å². The molecule has 1 aliphatic rings. The van der Waals surface area contributed by atoms with Crippen LogP contribution in [0.4, 0.5) is 5.82 Å². The first-order chi connectivity index (χ1) is 8.65. The highest BCUT2D eigenvalue weighted by Crippen LogP contribution is 2.26. The summed E-state index contributed by atoms with van der Waals surface area (Å²) in [6.45, 7) is 5.97. The van der Waals surface area contributed by atoms with Gasteiger partial charge in [0.15, 0.2) is 0 Å². The highest BCUT2D eigenvalue weighted by atomic mass is 35.5. The van der Waals surface area contributed by atoms with E-state index in [-0.39, 0.29) is 0 Å². The fourth-order valence-electron chi connectivity index (χ4n) is 2.29. The summed E-state index contributed by atoms with van der Waals surface area (Å²) in [5, 5.41) is 0.575. The van der Waals surface area contributed by atoms with Crippen LogP contribution >= 0.6 is 11.6 Å². The van der Waals surface area contributed by atoms with E-state index in [1.807, 2.05) is 13.8 Å². The molecule has 0 radical (unpaired) electrons. The van der Waals surface area contributed by atoms with Crippen molar-refractivity contribution in [2.45, 2.75) is 39.2 Å². The molecule has 5 heteroatoms. The number of aromatic nitrogens is 2. The molecule has 0 N–H and O–H groups in total.